The molecule has 2 amide bonds. The van der Waals surface area contributed by atoms with Crippen LogP contribution in [0.1, 0.15) is 84.1 Å². The monoisotopic (exact) mass is 618 g/mol. The third-order valence-corrected chi connectivity index (χ3v) is 10.1. The molecule has 0 saturated heterocycles. The summed E-state index contributed by atoms with van der Waals surface area (Å²) in [7, 11) is -1.33. The van der Waals surface area contributed by atoms with Gasteiger partial charge in [0.25, 0.3) is 0 Å². The molecule has 42 heavy (non-hydrogen) atoms. The lowest BCUT2D eigenvalue weighted by atomic mass is 9.82. The molecule has 9 heteroatoms. The van der Waals surface area contributed by atoms with Crippen LogP contribution in [-0.2, 0) is 26.8 Å². The van der Waals surface area contributed by atoms with Crippen LogP contribution in [0.3, 0.4) is 0 Å². The van der Waals surface area contributed by atoms with Gasteiger partial charge in [-0.15, -0.1) is 24.7 Å². The predicted molar refractivity (Wildman–Crippen MR) is 170 cm³/mol. The van der Waals surface area contributed by atoms with Crippen LogP contribution in [0.4, 0.5) is 0 Å². The Labute approximate surface area is 259 Å². The molecule has 1 unspecified atom stereocenters. The standard InChI is InChI=1S/C33H47ClN2O5S/c1-6-8-18-29(37)30(38)28(21-23-14-10-9-11-15-23)36-32(40)27(13-7-2)35-31(39)25(22-42(41)33(3,4)5)19-24-16-12-17-26(34)20-24/h1-2,12,16-17,20,23,25,27-30,37-38H,8-11,13-15,18-19,21-22H2,3-5H3,(H,35,39)(H,36,40)/t25-,27+,28+,29+,30-,42?/m1/s1. The number of rotatable bonds is 15. The van der Waals surface area contributed by atoms with Crippen LogP contribution in [0.2, 0.25) is 5.02 Å². The molecule has 1 fully saturated rings. The molecule has 232 valence electrons. The lowest BCUT2D eigenvalue weighted by Gasteiger charge is -2.33. The Morgan fingerprint density at radius 3 is 2.38 bits per heavy atom. The van der Waals surface area contributed by atoms with E-state index in [0.717, 1.165) is 37.7 Å². The summed E-state index contributed by atoms with van der Waals surface area (Å²) >= 11 is 6.16. The smallest absolute Gasteiger partial charge is 0.243 e. The highest BCUT2D eigenvalue weighted by Crippen LogP contribution is 2.29. The number of carbonyl (C=O) groups is 2. The van der Waals surface area contributed by atoms with Gasteiger partial charge in [0.05, 0.1) is 18.1 Å². The van der Waals surface area contributed by atoms with Crippen LogP contribution in [-0.4, -0.2) is 61.0 Å². The molecule has 1 aliphatic rings. The molecule has 6 atom stereocenters. The van der Waals surface area contributed by atoms with Crippen molar-refractivity contribution >= 4 is 34.2 Å². The van der Waals surface area contributed by atoms with Crippen molar-refractivity contribution in [1.29, 1.82) is 0 Å². The molecule has 0 heterocycles. The molecule has 0 aliphatic heterocycles. The molecule has 1 aliphatic carbocycles. The van der Waals surface area contributed by atoms with Gasteiger partial charge in [0.1, 0.15) is 12.1 Å². The van der Waals surface area contributed by atoms with Gasteiger partial charge in [-0.05, 0) is 63.6 Å². The van der Waals surface area contributed by atoms with Crippen LogP contribution in [0.5, 0.6) is 0 Å². The zero-order chi connectivity index (χ0) is 31.3. The summed E-state index contributed by atoms with van der Waals surface area (Å²) in [6, 6.07) is 5.33. The highest BCUT2D eigenvalue weighted by Gasteiger charge is 2.34. The van der Waals surface area contributed by atoms with Crippen LogP contribution in [0.25, 0.3) is 0 Å². The van der Waals surface area contributed by atoms with Crippen molar-refractivity contribution in [2.24, 2.45) is 11.8 Å². The maximum atomic E-state index is 13.6. The fourth-order valence-corrected chi connectivity index (χ4v) is 6.59. The normalized spacial score (nSPS) is 18.4. The fourth-order valence-electron chi connectivity index (χ4n) is 5.24. The van der Waals surface area contributed by atoms with Crippen molar-refractivity contribution in [2.75, 3.05) is 5.75 Å². The average Bonchev–Trinajstić information content (AvgIpc) is 2.94. The van der Waals surface area contributed by atoms with Crippen LogP contribution < -0.4 is 10.6 Å². The number of terminal acetylenes is 2. The number of halogens is 1. The van der Waals surface area contributed by atoms with Gasteiger partial charge in [0.15, 0.2) is 0 Å². The summed E-state index contributed by atoms with van der Waals surface area (Å²) in [6.07, 6.45) is 15.1. The summed E-state index contributed by atoms with van der Waals surface area (Å²) in [5.74, 6) is 3.64. The van der Waals surface area contributed by atoms with E-state index in [-0.39, 0.29) is 25.0 Å². The van der Waals surface area contributed by atoms with Gasteiger partial charge in [0.2, 0.25) is 11.8 Å². The zero-order valence-corrected chi connectivity index (χ0v) is 26.7. The molecule has 1 aromatic carbocycles. The molecule has 0 spiro atoms. The van der Waals surface area contributed by atoms with Gasteiger partial charge in [-0.1, -0.05) is 55.8 Å². The number of hydrogen-bond donors (Lipinski definition) is 4. The first-order valence-corrected chi connectivity index (χ1v) is 16.5. The summed E-state index contributed by atoms with van der Waals surface area (Å²) in [4.78, 5) is 27.2. The molecule has 0 bridgehead atoms. The average molecular weight is 619 g/mol. The Balaban J connectivity index is 2.24. The molecule has 4 N–H and O–H groups in total. The van der Waals surface area contributed by atoms with Gasteiger partial charge in [0, 0.05) is 39.2 Å². The maximum Gasteiger partial charge on any atom is 0.243 e. The third-order valence-electron chi connectivity index (χ3n) is 7.76. The van der Waals surface area contributed by atoms with Crippen molar-refractivity contribution in [3.05, 3.63) is 34.9 Å². The maximum absolute atomic E-state index is 13.6. The van der Waals surface area contributed by atoms with E-state index in [1.165, 1.54) is 0 Å². The number of benzene rings is 1. The van der Waals surface area contributed by atoms with Gasteiger partial charge in [-0.3, -0.25) is 13.8 Å². The zero-order valence-electron chi connectivity index (χ0n) is 25.1. The summed E-state index contributed by atoms with van der Waals surface area (Å²) in [6.45, 7) is 5.55. The van der Waals surface area contributed by atoms with E-state index in [2.05, 4.69) is 22.5 Å². The first kappa shape index (κ1) is 35.8. The largest absolute Gasteiger partial charge is 0.390 e. The van der Waals surface area contributed by atoms with E-state index in [1.54, 1.807) is 18.2 Å². The Hall–Kier alpha value is -2.36. The second-order valence-electron chi connectivity index (χ2n) is 12.3. The quantitative estimate of drug-likeness (QED) is 0.221. The lowest BCUT2D eigenvalue weighted by molar-refractivity contribution is -0.132. The minimum atomic E-state index is -1.33. The Bertz CT molecular complexity index is 1130. The highest BCUT2D eigenvalue weighted by molar-refractivity contribution is 7.86. The molecule has 1 saturated carbocycles. The second kappa shape index (κ2) is 17.7. The van der Waals surface area contributed by atoms with Crippen molar-refractivity contribution in [1.82, 2.24) is 10.6 Å². The molecule has 0 radical (unpaired) electrons. The molecule has 2 rings (SSSR count). The fraction of sp³-hybridized carbons (Fsp3) is 0.636. The lowest BCUT2D eigenvalue weighted by Crippen LogP contribution is -2.56. The van der Waals surface area contributed by atoms with E-state index >= 15 is 0 Å². The van der Waals surface area contributed by atoms with E-state index in [4.69, 9.17) is 24.4 Å². The molecule has 1 aromatic rings. The number of nitrogens with one attached hydrogen (secondary N) is 2. The van der Waals surface area contributed by atoms with E-state index in [9.17, 15) is 24.0 Å². The summed E-state index contributed by atoms with van der Waals surface area (Å²) in [5, 5.41) is 27.8. The van der Waals surface area contributed by atoms with Crippen LogP contribution in [0, 0.1) is 36.5 Å². The predicted octanol–water partition coefficient (Wildman–Crippen LogP) is 4.14. The second-order valence-corrected chi connectivity index (χ2v) is 15.0. The van der Waals surface area contributed by atoms with Gasteiger partial charge in [-0.25, -0.2) is 0 Å². The minimum absolute atomic E-state index is 0.0737. The summed E-state index contributed by atoms with van der Waals surface area (Å²) < 4.78 is 12.5. The Morgan fingerprint density at radius 1 is 1.10 bits per heavy atom. The van der Waals surface area contributed by atoms with Crippen molar-refractivity contribution in [2.45, 2.75) is 114 Å². The van der Waals surface area contributed by atoms with E-state index in [1.807, 2.05) is 26.8 Å². The van der Waals surface area contributed by atoms with Gasteiger partial charge in [-0.2, -0.15) is 0 Å². The summed E-state index contributed by atoms with van der Waals surface area (Å²) in [5.41, 5.74) is 0.808. The topological polar surface area (TPSA) is 116 Å². The van der Waals surface area contributed by atoms with Crippen LogP contribution in [0.15, 0.2) is 24.3 Å². The number of carbonyl (C=O) groups excluding carboxylic acids is 2. The van der Waals surface area contributed by atoms with E-state index in [0.29, 0.717) is 23.8 Å². The highest BCUT2D eigenvalue weighted by atomic mass is 35.5. The number of aliphatic hydroxyl groups excluding tert-OH is 2. The van der Waals surface area contributed by atoms with Gasteiger partial charge < -0.3 is 20.8 Å². The first-order chi connectivity index (χ1) is 19.8. The molecule has 0 aromatic heterocycles. The molecule has 7 nitrogen and oxygen atoms in total. The Kier molecular flexibility index (Phi) is 15.1. The van der Waals surface area contributed by atoms with E-state index < -0.39 is 57.6 Å². The van der Waals surface area contributed by atoms with Crippen molar-refractivity contribution < 1.29 is 24.0 Å². The SMILES string of the molecule is C#CCC[C@H](O)[C@H](O)[C@H](CC1CCCCC1)NC(=O)[C@H](CC#C)NC(=O)[C@H](Cc1cccc(Cl)c1)CS(=O)C(C)(C)C. The number of hydrogen-bond acceptors (Lipinski definition) is 5. The molecular formula is C33H47ClN2O5S. The minimum Gasteiger partial charge on any atom is -0.390 e. The first-order valence-electron chi connectivity index (χ1n) is 14.8. The van der Waals surface area contributed by atoms with Crippen molar-refractivity contribution in [3.8, 4) is 24.7 Å². The van der Waals surface area contributed by atoms with Crippen molar-refractivity contribution in [3.63, 3.8) is 0 Å². The number of amides is 2. The molecular weight excluding hydrogens is 572 g/mol. The van der Waals surface area contributed by atoms with Gasteiger partial charge >= 0.3 is 0 Å². The number of aliphatic hydroxyl groups is 2. The van der Waals surface area contributed by atoms with Crippen LogP contribution >= 0.6 is 11.6 Å². The third kappa shape index (κ3) is 12.1. The Morgan fingerprint density at radius 2 is 1.79 bits per heavy atom.